The number of aryl methyl sites for hydroxylation is 1. The zero-order valence-electron chi connectivity index (χ0n) is 18.9. The maximum Gasteiger partial charge on any atom is 0.165 e. The molecule has 7 nitrogen and oxygen atoms in total. The van der Waals surface area contributed by atoms with Crippen molar-refractivity contribution in [1.29, 1.82) is 5.26 Å². The molecule has 3 heterocycles. The molecule has 8 heteroatoms. The van der Waals surface area contributed by atoms with Crippen LogP contribution in [0.25, 0.3) is 28.3 Å². The molecule has 2 aliphatic rings. The van der Waals surface area contributed by atoms with Crippen molar-refractivity contribution in [3.63, 3.8) is 0 Å². The molecular weight excluding hydrogens is 431 g/mol. The maximum absolute atomic E-state index is 13.4. The van der Waals surface area contributed by atoms with Gasteiger partial charge in [0.05, 0.1) is 36.4 Å². The smallest absolute Gasteiger partial charge is 0.165 e. The number of nitrogens with zero attached hydrogens (tertiary/aromatic N) is 6. The van der Waals surface area contributed by atoms with E-state index in [4.69, 9.17) is 4.74 Å². The molecule has 0 amide bonds. The van der Waals surface area contributed by atoms with Crippen molar-refractivity contribution in [2.45, 2.75) is 19.9 Å². The van der Waals surface area contributed by atoms with E-state index < -0.39 is 0 Å². The highest BCUT2D eigenvalue weighted by Gasteiger charge is 2.23. The fourth-order valence-corrected chi connectivity index (χ4v) is 4.10. The van der Waals surface area contributed by atoms with Crippen LogP contribution in [0.3, 0.4) is 0 Å². The third-order valence-electron chi connectivity index (χ3n) is 5.91. The number of methoxy groups -OCH3 is 1. The number of aromatic nitrogens is 5. The number of hydrogen-bond acceptors (Lipinski definition) is 5. The first-order valence-corrected chi connectivity index (χ1v) is 10.7. The van der Waals surface area contributed by atoms with Crippen LogP contribution < -0.4 is 4.74 Å². The predicted octanol–water partition coefficient (Wildman–Crippen LogP) is 5.17. The summed E-state index contributed by atoms with van der Waals surface area (Å²) in [5.74, 6) is 1.00. The third kappa shape index (κ3) is 3.67. The summed E-state index contributed by atoms with van der Waals surface area (Å²) in [6.45, 7) is 3.91. The Balaban J connectivity index is 1.60. The van der Waals surface area contributed by atoms with Gasteiger partial charge in [0, 0.05) is 23.5 Å². The molecular formula is C26H21FN6O. The number of hydrogen-bond donors (Lipinski definition) is 0. The molecule has 2 aromatic carbocycles. The van der Waals surface area contributed by atoms with Crippen molar-refractivity contribution in [3.8, 4) is 40.2 Å². The molecule has 168 valence electrons. The van der Waals surface area contributed by atoms with Crippen LogP contribution in [0.15, 0.2) is 67.3 Å². The fourth-order valence-electron chi connectivity index (χ4n) is 4.10. The molecule has 34 heavy (non-hydrogen) atoms. The molecule has 1 atom stereocenters. The first-order valence-electron chi connectivity index (χ1n) is 10.7. The quantitative estimate of drug-likeness (QED) is 0.367. The van der Waals surface area contributed by atoms with Crippen LogP contribution in [0.1, 0.15) is 29.8 Å². The van der Waals surface area contributed by atoms with Gasteiger partial charge in [0.2, 0.25) is 0 Å². The lowest BCUT2D eigenvalue weighted by atomic mass is 10.0. The minimum atomic E-state index is -0.296. The molecule has 3 aromatic rings. The number of rotatable bonds is 5. The van der Waals surface area contributed by atoms with Crippen LogP contribution in [0, 0.1) is 24.1 Å². The number of ether oxygens (including phenoxy) is 1. The maximum atomic E-state index is 13.4. The summed E-state index contributed by atoms with van der Waals surface area (Å²) < 4.78 is 22.9. The zero-order valence-corrected chi connectivity index (χ0v) is 18.9. The SMILES string of the molecule is COc1cc(-c2nnc3n([C@@H](C)c4ccc(F)cc4)cc(C#N)cc2-3)ccc1-n1cnc(C)c1. The Labute approximate surface area is 196 Å². The van der Waals surface area contributed by atoms with Gasteiger partial charge in [-0.05, 0) is 49.7 Å². The van der Waals surface area contributed by atoms with Crippen LogP contribution in [-0.4, -0.2) is 31.4 Å². The van der Waals surface area contributed by atoms with E-state index in [0.29, 0.717) is 22.8 Å². The van der Waals surface area contributed by atoms with E-state index in [1.54, 1.807) is 37.8 Å². The highest BCUT2D eigenvalue weighted by molar-refractivity contribution is 5.81. The number of benzene rings is 2. The van der Waals surface area contributed by atoms with Crippen molar-refractivity contribution in [1.82, 2.24) is 24.3 Å². The van der Waals surface area contributed by atoms with Crippen molar-refractivity contribution in [2.24, 2.45) is 0 Å². The second-order valence-corrected chi connectivity index (χ2v) is 8.07. The number of fused-ring (bicyclic) bond motifs is 1. The molecule has 2 aliphatic heterocycles. The summed E-state index contributed by atoms with van der Waals surface area (Å²) in [5, 5.41) is 18.6. The van der Waals surface area contributed by atoms with E-state index in [9.17, 15) is 9.65 Å². The number of halogens is 1. The van der Waals surface area contributed by atoms with E-state index in [2.05, 4.69) is 21.3 Å². The molecule has 0 aliphatic carbocycles. The first-order chi connectivity index (χ1) is 16.5. The monoisotopic (exact) mass is 452 g/mol. The number of nitriles is 1. The Morgan fingerprint density at radius 3 is 2.53 bits per heavy atom. The molecule has 0 radical (unpaired) electrons. The molecule has 0 spiro atoms. The van der Waals surface area contributed by atoms with E-state index >= 15 is 0 Å². The third-order valence-corrected chi connectivity index (χ3v) is 5.91. The van der Waals surface area contributed by atoms with Crippen LogP contribution in [0.4, 0.5) is 4.39 Å². The van der Waals surface area contributed by atoms with E-state index in [-0.39, 0.29) is 11.9 Å². The van der Waals surface area contributed by atoms with E-state index in [1.807, 2.05) is 47.4 Å². The Morgan fingerprint density at radius 2 is 1.85 bits per heavy atom. The lowest BCUT2D eigenvalue weighted by Crippen LogP contribution is -2.11. The molecule has 0 fully saturated rings. The lowest BCUT2D eigenvalue weighted by molar-refractivity contribution is 0.413. The van der Waals surface area contributed by atoms with Gasteiger partial charge in [0.1, 0.15) is 23.3 Å². The topological polar surface area (TPSA) is 81.5 Å². The molecule has 0 unspecified atom stereocenters. The van der Waals surface area contributed by atoms with E-state index in [1.165, 1.54) is 12.1 Å². The number of pyridine rings is 1. The van der Waals surface area contributed by atoms with E-state index in [0.717, 1.165) is 28.1 Å². The van der Waals surface area contributed by atoms with Gasteiger partial charge in [-0.25, -0.2) is 9.37 Å². The van der Waals surface area contributed by atoms with Crippen molar-refractivity contribution >= 4 is 0 Å². The van der Waals surface area contributed by atoms with Gasteiger partial charge < -0.3 is 13.9 Å². The zero-order chi connectivity index (χ0) is 23.8. The Kier molecular flexibility index (Phi) is 5.30. The van der Waals surface area contributed by atoms with Gasteiger partial charge in [0.15, 0.2) is 5.82 Å². The summed E-state index contributed by atoms with van der Waals surface area (Å²) in [5.41, 5.74) is 5.36. The van der Waals surface area contributed by atoms with Crippen LogP contribution in [-0.2, 0) is 0 Å². The Morgan fingerprint density at radius 1 is 1.06 bits per heavy atom. The van der Waals surface area contributed by atoms with Crippen LogP contribution in [0.5, 0.6) is 5.75 Å². The molecule has 0 bridgehead atoms. The second-order valence-electron chi connectivity index (χ2n) is 8.07. The largest absolute Gasteiger partial charge is 0.495 e. The molecule has 1 aromatic heterocycles. The summed E-state index contributed by atoms with van der Waals surface area (Å²) in [6.07, 6.45) is 5.41. The fraction of sp³-hybridized carbons (Fsp3) is 0.154. The lowest BCUT2D eigenvalue weighted by Gasteiger charge is -2.20. The van der Waals surface area contributed by atoms with Crippen molar-refractivity contribution in [3.05, 3.63) is 89.9 Å². The Hall–Kier alpha value is -4.51. The number of imidazole rings is 1. The molecule has 0 saturated heterocycles. The highest BCUT2D eigenvalue weighted by atomic mass is 19.1. The van der Waals surface area contributed by atoms with Crippen molar-refractivity contribution in [2.75, 3.05) is 7.11 Å². The van der Waals surface area contributed by atoms with Gasteiger partial charge in [0.25, 0.3) is 0 Å². The minimum Gasteiger partial charge on any atom is -0.495 e. The average molecular weight is 452 g/mol. The van der Waals surface area contributed by atoms with Gasteiger partial charge in [-0.1, -0.05) is 18.2 Å². The Bertz CT molecular complexity index is 1490. The molecule has 5 rings (SSSR count). The standard InChI is InChI=1S/C26H21FN6O/c1-16-13-32(15-29-16)23-9-6-20(11-24(23)34-3)25-22-10-18(12-28)14-33(26(22)31-30-25)17(2)19-4-7-21(27)8-5-19/h4-11,13-15,17H,1-3H3/t17-/m0/s1. The van der Waals surface area contributed by atoms with Crippen LogP contribution in [0.2, 0.25) is 0 Å². The van der Waals surface area contributed by atoms with Crippen molar-refractivity contribution < 1.29 is 9.13 Å². The summed E-state index contributed by atoms with van der Waals surface area (Å²) in [6, 6.07) is 16.0. The average Bonchev–Trinajstić information content (AvgIpc) is 3.49. The predicted molar refractivity (Wildman–Crippen MR) is 125 cm³/mol. The van der Waals surface area contributed by atoms with Gasteiger partial charge >= 0.3 is 0 Å². The first kappa shape index (κ1) is 21.3. The van der Waals surface area contributed by atoms with Gasteiger partial charge in [-0.15, -0.1) is 10.2 Å². The van der Waals surface area contributed by atoms with Gasteiger partial charge in [-0.2, -0.15) is 5.26 Å². The summed E-state index contributed by atoms with van der Waals surface area (Å²) in [4.78, 5) is 4.29. The summed E-state index contributed by atoms with van der Waals surface area (Å²) >= 11 is 0. The molecule has 0 N–H and O–H groups in total. The normalized spacial score (nSPS) is 12.0. The molecule has 0 saturated carbocycles. The summed E-state index contributed by atoms with van der Waals surface area (Å²) in [7, 11) is 1.62. The second kappa shape index (κ2) is 8.45. The highest BCUT2D eigenvalue weighted by Crippen LogP contribution is 2.37. The van der Waals surface area contributed by atoms with Crippen LogP contribution >= 0.6 is 0 Å². The minimum absolute atomic E-state index is 0.178. The van der Waals surface area contributed by atoms with Gasteiger partial charge in [-0.3, -0.25) is 0 Å².